The molecular formula is C31H27F3O2. The van der Waals surface area contributed by atoms with Crippen LogP contribution in [0.5, 0.6) is 11.5 Å². The van der Waals surface area contributed by atoms with Crippen molar-refractivity contribution in [3.8, 4) is 33.8 Å². The summed E-state index contributed by atoms with van der Waals surface area (Å²) in [6.45, 7) is 6.31. The summed E-state index contributed by atoms with van der Waals surface area (Å²) >= 11 is 0. The Morgan fingerprint density at radius 1 is 0.694 bits per heavy atom. The Bertz CT molecular complexity index is 1330. The smallest absolute Gasteiger partial charge is 0.167 e. The van der Waals surface area contributed by atoms with Crippen molar-refractivity contribution in [2.75, 3.05) is 13.2 Å². The number of aryl methyl sites for hydroxylation is 2. The highest BCUT2D eigenvalue weighted by atomic mass is 19.2. The van der Waals surface area contributed by atoms with E-state index >= 15 is 4.39 Å². The van der Waals surface area contributed by atoms with Gasteiger partial charge in [0.05, 0.1) is 6.61 Å². The molecular weight excluding hydrogens is 461 g/mol. The third kappa shape index (κ3) is 5.80. The van der Waals surface area contributed by atoms with Gasteiger partial charge in [-0.25, -0.2) is 13.2 Å². The van der Waals surface area contributed by atoms with Crippen LogP contribution < -0.4 is 9.47 Å². The number of hydrogen-bond donors (Lipinski definition) is 0. The number of benzene rings is 4. The normalized spacial score (nSPS) is 10.8. The zero-order chi connectivity index (χ0) is 25.5. The average Bonchev–Trinajstić information content (AvgIpc) is 2.90. The third-order valence-electron chi connectivity index (χ3n) is 5.90. The minimum Gasteiger partial charge on any atom is -0.494 e. The molecule has 0 aliphatic rings. The van der Waals surface area contributed by atoms with E-state index in [0.29, 0.717) is 54.2 Å². The van der Waals surface area contributed by atoms with Gasteiger partial charge in [-0.05, 0) is 60.2 Å². The van der Waals surface area contributed by atoms with Gasteiger partial charge in [-0.15, -0.1) is 0 Å². The van der Waals surface area contributed by atoms with Crippen LogP contribution in [0.25, 0.3) is 22.3 Å². The van der Waals surface area contributed by atoms with Gasteiger partial charge in [0.15, 0.2) is 11.6 Å². The summed E-state index contributed by atoms with van der Waals surface area (Å²) in [5, 5.41) is 0. The Morgan fingerprint density at radius 2 is 1.28 bits per heavy atom. The number of hydrogen-bond acceptors (Lipinski definition) is 2. The van der Waals surface area contributed by atoms with Crippen molar-refractivity contribution in [2.45, 2.75) is 19.8 Å². The standard InChI is InChI=1S/C31H27F3O2/c1-3-19-36-26-16-13-24(29(32)20-26)10-7-21-5-8-22(9-6-21)27-17-18-28(31(34)30(27)33)23-11-14-25(15-12-23)35-4-2/h3,5-6,8-9,11-18,20H,1,4,7,10,19H2,2H3. The van der Waals surface area contributed by atoms with Crippen LogP contribution in [0.2, 0.25) is 0 Å². The topological polar surface area (TPSA) is 18.5 Å². The zero-order valence-electron chi connectivity index (χ0n) is 20.1. The summed E-state index contributed by atoms with van der Waals surface area (Å²) in [6.07, 6.45) is 2.72. The fraction of sp³-hybridized carbons (Fsp3) is 0.161. The van der Waals surface area contributed by atoms with Crippen molar-refractivity contribution < 1.29 is 22.6 Å². The highest BCUT2D eigenvalue weighted by Crippen LogP contribution is 2.32. The van der Waals surface area contributed by atoms with Crippen LogP contribution in [0, 0.1) is 17.5 Å². The highest BCUT2D eigenvalue weighted by molar-refractivity contribution is 5.72. The van der Waals surface area contributed by atoms with Gasteiger partial charge >= 0.3 is 0 Å². The summed E-state index contributed by atoms with van der Waals surface area (Å²) in [5.41, 5.74) is 3.08. The lowest BCUT2D eigenvalue weighted by Gasteiger charge is -2.11. The van der Waals surface area contributed by atoms with Crippen LogP contribution in [-0.2, 0) is 12.8 Å². The molecule has 4 aromatic rings. The summed E-state index contributed by atoms with van der Waals surface area (Å²) in [5.74, 6) is -0.968. The van der Waals surface area contributed by atoms with Gasteiger partial charge < -0.3 is 9.47 Å². The molecule has 4 aromatic carbocycles. The molecule has 0 heterocycles. The van der Waals surface area contributed by atoms with Crippen molar-refractivity contribution in [1.82, 2.24) is 0 Å². The molecule has 0 unspecified atom stereocenters. The zero-order valence-corrected chi connectivity index (χ0v) is 20.1. The molecule has 184 valence electrons. The summed E-state index contributed by atoms with van der Waals surface area (Å²) in [4.78, 5) is 0. The molecule has 0 radical (unpaired) electrons. The molecule has 0 spiro atoms. The molecule has 0 bridgehead atoms. The molecule has 0 saturated carbocycles. The van der Waals surface area contributed by atoms with Gasteiger partial charge in [0.2, 0.25) is 0 Å². The first kappa shape index (κ1) is 25.1. The highest BCUT2D eigenvalue weighted by Gasteiger charge is 2.16. The summed E-state index contributed by atoms with van der Waals surface area (Å²) in [6, 6.07) is 22.1. The molecule has 0 fully saturated rings. The minimum atomic E-state index is -0.894. The average molecular weight is 489 g/mol. The first-order valence-electron chi connectivity index (χ1n) is 11.8. The quantitative estimate of drug-likeness (QED) is 0.210. The van der Waals surface area contributed by atoms with Crippen LogP contribution in [0.15, 0.2) is 91.5 Å². The van der Waals surface area contributed by atoms with Gasteiger partial charge in [0, 0.05) is 17.2 Å². The Labute approximate surface area is 209 Å². The maximum atomic E-state index is 15.0. The number of rotatable bonds is 10. The van der Waals surface area contributed by atoms with Crippen molar-refractivity contribution in [3.63, 3.8) is 0 Å². The van der Waals surface area contributed by atoms with E-state index in [0.717, 1.165) is 5.56 Å². The molecule has 5 heteroatoms. The van der Waals surface area contributed by atoms with E-state index in [-0.39, 0.29) is 16.9 Å². The fourth-order valence-corrected chi connectivity index (χ4v) is 4.00. The first-order chi connectivity index (χ1) is 17.5. The SMILES string of the molecule is C=CCOc1ccc(CCc2ccc(-c3ccc(-c4ccc(OCC)cc4)c(F)c3F)cc2)c(F)c1. The Balaban J connectivity index is 1.45. The molecule has 2 nitrogen and oxygen atoms in total. The van der Waals surface area contributed by atoms with Gasteiger partial charge in [0.25, 0.3) is 0 Å². The second-order valence-corrected chi connectivity index (χ2v) is 8.30. The van der Waals surface area contributed by atoms with Crippen molar-refractivity contribution in [1.29, 1.82) is 0 Å². The van der Waals surface area contributed by atoms with E-state index in [1.165, 1.54) is 6.07 Å². The van der Waals surface area contributed by atoms with Crippen LogP contribution in [0.4, 0.5) is 13.2 Å². The fourth-order valence-electron chi connectivity index (χ4n) is 4.00. The van der Waals surface area contributed by atoms with E-state index in [2.05, 4.69) is 6.58 Å². The van der Waals surface area contributed by atoms with Gasteiger partial charge in [-0.3, -0.25) is 0 Å². The molecule has 4 rings (SSSR count). The van der Waals surface area contributed by atoms with E-state index in [9.17, 15) is 8.78 Å². The molecule has 0 aliphatic carbocycles. The monoisotopic (exact) mass is 488 g/mol. The summed E-state index contributed by atoms with van der Waals surface area (Å²) in [7, 11) is 0. The third-order valence-corrected chi connectivity index (χ3v) is 5.90. The molecule has 0 aromatic heterocycles. The lowest BCUT2D eigenvalue weighted by molar-refractivity contribution is 0.340. The molecule has 36 heavy (non-hydrogen) atoms. The van der Waals surface area contributed by atoms with E-state index in [4.69, 9.17) is 9.47 Å². The van der Waals surface area contributed by atoms with Gasteiger partial charge in [-0.2, -0.15) is 0 Å². The Kier molecular flexibility index (Phi) is 8.11. The lowest BCUT2D eigenvalue weighted by atomic mass is 9.97. The second-order valence-electron chi connectivity index (χ2n) is 8.30. The number of halogens is 3. The predicted molar refractivity (Wildman–Crippen MR) is 138 cm³/mol. The molecule has 0 amide bonds. The van der Waals surface area contributed by atoms with E-state index < -0.39 is 11.6 Å². The van der Waals surface area contributed by atoms with Crippen LogP contribution >= 0.6 is 0 Å². The second kappa shape index (κ2) is 11.6. The minimum absolute atomic E-state index is 0.190. The van der Waals surface area contributed by atoms with Crippen molar-refractivity contribution in [2.24, 2.45) is 0 Å². The Morgan fingerprint density at radius 3 is 1.83 bits per heavy atom. The maximum absolute atomic E-state index is 15.0. The molecule has 0 N–H and O–H groups in total. The molecule has 0 saturated heterocycles. The number of ether oxygens (including phenoxy) is 2. The van der Waals surface area contributed by atoms with Crippen LogP contribution in [-0.4, -0.2) is 13.2 Å². The molecule has 0 aliphatic heterocycles. The Hall–Kier alpha value is -3.99. The summed E-state index contributed by atoms with van der Waals surface area (Å²) < 4.78 is 55.1. The lowest BCUT2D eigenvalue weighted by Crippen LogP contribution is -1.98. The van der Waals surface area contributed by atoms with Crippen molar-refractivity contribution >= 4 is 0 Å². The first-order valence-corrected chi connectivity index (χ1v) is 11.8. The van der Waals surface area contributed by atoms with E-state index in [1.54, 1.807) is 66.7 Å². The predicted octanol–water partition coefficient (Wildman–Crippen LogP) is 8.19. The van der Waals surface area contributed by atoms with Gasteiger partial charge in [-0.1, -0.05) is 67.3 Å². The van der Waals surface area contributed by atoms with Crippen molar-refractivity contribution in [3.05, 3.63) is 120 Å². The maximum Gasteiger partial charge on any atom is 0.167 e. The van der Waals surface area contributed by atoms with Gasteiger partial charge in [0.1, 0.15) is 23.9 Å². The molecule has 0 atom stereocenters. The largest absolute Gasteiger partial charge is 0.494 e. The van der Waals surface area contributed by atoms with Crippen LogP contribution in [0.3, 0.4) is 0 Å². The van der Waals surface area contributed by atoms with Crippen LogP contribution in [0.1, 0.15) is 18.1 Å². The van der Waals surface area contributed by atoms with E-state index in [1.807, 2.05) is 19.1 Å².